The van der Waals surface area contributed by atoms with E-state index in [2.05, 4.69) is 15.5 Å². The lowest BCUT2D eigenvalue weighted by atomic mass is 10.2. The molecule has 1 amide bonds. The standard InChI is InChI=1S/C13H16N4O3/c1-7-5-6-10(13(19)17(7)4)11(18)14-8(2)12-15-9(3)16-20-12/h5-6,8H,1-4H3,(H,14,18). The molecule has 2 aromatic heterocycles. The highest BCUT2D eigenvalue weighted by atomic mass is 16.5. The summed E-state index contributed by atoms with van der Waals surface area (Å²) in [6.07, 6.45) is 0. The fourth-order valence-electron chi connectivity index (χ4n) is 1.73. The lowest BCUT2D eigenvalue weighted by Crippen LogP contribution is -2.34. The van der Waals surface area contributed by atoms with Gasteiger partial charge >= 0.3 is 0 Å². The van der Waals surface area contributed by atoms with Gasteiger partial charge in [0.15, 0.2) is 5.82 Å². The molecule has 0 aliphatic carbocycles. The van der Waals surface area contributed by atoms with E-state index in [0.717, 1.165) is 5.69 Å². The molecule has 0 spiro atoms. The van der Waals surface area contributed by atoms with Gasteiger partial charge in [-0.2, -0.15) is 4.98 Å². The molecule has 0 bridgehead atoms. The summed E-state index contributed by atoms with van der Waals surface area (Å²) in [5.41, 5.74) is 0.532. The van der Waals surface area contributed by atoms with Crippen molar-refractivity contribution < 1.29 is 9.32 Å². The van der Waals surface area contributed by atoms with Crippen molar-refractivity contribution in [3.05, 3.63) is 45.5 Å². The minimum absolute atomic E-state index is 0.0844. The Morgan fingerprint density at radius 3 is 2.70 bits per heavy atom. The Morgan fingerprint density at radius 2 is 2.10 bits per heavy atom. The molecule has 1 atom stereocenters. The predicted octanol–water partition coefficient (Wildman–Crippen LogP) is 0.876. The maximum Gasteiger partial charge on any atom is 0.263 e. The number of aromatic nitrogens is 3. The van der Waals surface area contributed by atoms with Gasteiger partial charge in [0, 0.05) is 12.7 Å². The average molecular weight is 276 g/mol. The van der Waals surface area contributed by atoms with Crippen LogP contribution in [0, 0.1) is 13.8 Å². The molecule has 2 heterocycles. The smallest absolute Gasteiger partial charge is 0.263 e. The molecule has 0 radical (unpaired) electrons. The first-order valence-electron chi connectivity index (χ1n) is 6.18. The van der Waals surface area contributed by atoms with Gasteiger partial charge in [-0.15, -0.1) is 0 Å². The van der Waals surface area contributed by atoms with Crippen LogP contribution in [0.4, 0.5) is 0 Å². The van der Waals surface area contributed by atoms with Crippen LogP contribution in [-0.2, 0) is 7.05 Å². The van der Waals surface area contributed by atoms with Crippen LogP contribution < -0.4 is 10.9 Å². The summed E-state index contributed by atoms with van der Waals surface area (Å²) in [5, 5.41) is 6.32. The summed E-state index contributed by atoms with van der Waals surface area (Å²) in [5.74, 6) is 0.334. The van der Waals surface area contributed by atoms with Crippen LogP contribution >= 0.6 is 0 Å². The van der Waals surface area contributed by atoms with Crippen molar-refractivity contribution in [1.29, 1.82) is 0 Å². The van der Waals surface area contributed by atoms with Crippen LogP contribution in [0.2, 0.25) is 0 Å². The third-order valence-electron chi connectivity index (χ3n) is 3.06. The minimum atomic E-state index is -0.464. The Labute approximate surface area is 115 Å². The second-order valence-electron chi connectivity index (χ2n) is 4.63. The molecule has 106 valence electrons. The van der Waals surface area contributed by atoms with Crippen molar-refractivity contribution >= 4 is 5.91 Å². The van der Waals surface area contributed by atoms with Gasteiger partial charge in [0.1, 0.15) is 11.6 Å². The Kier molecular flexibility index (Phi) is 3.69. The molecular formula is C13H16N4O3. The number of hydrogen-bond donors (Lipinski definition) is 1. The average Bonchev–Trinajstić information content (AvgIpc) is 2.82. The zero-order valence-corrected chi connectivity index (χ0v) is 11.8. The quantitative estimate of drug-likeness (QED) is 0.898. The topological polar surface area (TPSA) is 90.0 Å². The van der Waals surface area contributed by atoms with Crippen molar-refractivity contribution in [1.82, 2.24) is 20.0 Å². The molecular weight excluding hydrogens is 260 g/mol. The first-order chi connectivity index (χ1) is 9.40. The molecule has 2 rings (SSSR count). The van der Waals surface area contributed by atoms with Crippen LogP contribution in [0.5, 0.6) is 0 Å². The van der Waals surface area contributed by atoms with E-state index in [1.54, 1.807) is 33.9 Å². The fourth-order valence-corrected chi connectivity index (χ4v) is 1.73. The SMILES string of the molecule is Cc1noc(C(C)NC(=O)c2ccc(C)n(C)c2=O)n1. The predicted molar refractivity (Wildman–Crippen MR) is 71.3 cm³/mol. The monoisotopic (exact) mass is 276 g/mol. The largest absolute Gasteiger partial charge is 0.340 e. The van der Waals surface area contributed by atoms with Crippen LogP contribution in [0.25, 0.3) is 0 Å². The number of pyridine rings is 1. The minimum Gasteiger partial charge on any atom is -0.340 e. The first kappa shape index (κ1) is 14.0. The molecule has 0 saturated carbocycles. The van der Waals surface area contributed by atoms with Crippen molar-refractivity contribution in [3.8, 4) is 0 Å². The summed E-state index contributed by atoms with van der Waals surface area (Å²) < 4.78 is 6.40. The number of carbonyl (C=O) groups excluding carboxylic acids is 1. The van der Waals surface area contributed by atoms with Crippen LogP contribution in [0.3, 0.4) is 0 Å². The summed E-state index contributed by atoms with van der Waals surface area (Å²) in [6, 6.07) is 2.77. The Balaban J connectivity index is 2.21. The molecule has 20 heavy (non-hydrogen) atoms. The molecule has 1 N–H and O–H groups in total. The third-order valence-corrected chi connectivity index (χ3v) is 3.06. The van der Waals surface area contributed by atoms with Crippen molar-refractivity contribution in [2.24, 2.45) is 7.05 Å². The van der Waals surface area contributed by atoms with E-state index in [9.17, 15) is 9.59 Å². The van der Waals surface area contributed by atoms with E-state index in [0.29, 0.717) is 11.7 Å². The molecule has 0 fully saturated rings. The van der Waals surface area contributed by atoms with Gasteiger partial charge in [-0.3, -0.25) is 9.59 Å². The summed E-state index contributed by atoms with van der Waals surface area (Å²) in [7, 11) is 1.62. The maximum atomic E-state index is 12.1. The van der Waals surface area contributed by atoms with Gasteiger partial charge in [-0.05, 0) is 32.9 Å². The molecule has 0 aliphatic rings. The van der Waals surface area contributed by atoms with E-state index >= 15 is 0 Å². The third kappa shape index (κ3) is 2.61. The normalized spacial score (nSPS) is 12.2. The number of nitrogens with zero attached hydrogens (tertiary/aromatic N) is 3. The van der Waals surface area contributed by atoms with E-state index < -0.39 is 11.9 Å². The fraction of sp³-hybridized carbons (Fsp3) is 0.385. The zero-order chi connectivity index (χ0) is 14.9. The van der Waals surface area contributed by atoms with Gasteiger partial charge in [0.2, 0.25) is 5.89 Å². The Hall–Kier alpha value is -2.44. The molecule has 2 aromatic rings. The van der Waals surface area contributed by atoms with Gasteiger partial charge in [-0.25, -0.2) is 0 Å². The van der Waals surface area contributed by atoms with Gasteiger partial charge in [0.25, 0.3) is 11.5 Å². The number of aryl methyl sites for hydroxylation is 2. The molecule has 7 heteroatoms. The summed E-state index contributed by atoms with van der Waals surface area (Å²) in [4.78, 5) is 28.1. The molecule has 1 unspecified atom stereocenters. The van der Waals surface area contributed by atoms with Gasteiger partial charge in [0.05, 0.1) is 0 Å². The highest BCUT2D eigenvalue weighted by molar-refractivity contribution is 5.94. The molecule has 0 saturated heterocycles. The van der Waals surface area contributed by atoms with E-state index in [1.165, 1.54) is 10.6 Å². The van der Waals surface area contributed by atoms with E-state index in [1.807, 2.05) is 0 Å². The highest BCUT2D eigenvalue weighted by Gasteiger charge is 2.19. The van der Waals surface area contributed by atoms with Crippen LogP contribution in [-0.4, -0.2) is 20.6 Å². The second-order valence-corrected chi connectivity index (χ2v) is 4.63. The highest BCUT2D eigenvalue weighted by Crippen LogP contribution is 2.09. The maximum absolute atomic E-state index is 12.1. The summed E-state index contributed by atoms with van der Waals surface area (Å²) >= 11 is 0. The molecule has 0 aliphatic heterocycles. The Bertz CT molecular complexity index is 702. The van der Waals surface area contributed by atoms with Crippen LogP contribution in [0.15, 0.2) is 21.5 Å². The number of hydrogen-bond acceptors (Lipinski definition) is 5. The van der Waals surface area contributed by atoms with Crippen molar-refractivity contribution in [2.75, 3.05) is 0 Å². The van der Waals surface area contributed by atoms with Crippen molar-refractivity contribution in [3.63, 3.8) is 0 Å². The molecule has 0 aromatic carbocycles. The number of rotatable bonds is 3. The van der Waals surface area contributed by atoms with Gasteiger partial charge < -0.3 is 14.4 Å². The lowest BCUT2D eigenvalue weighted by Gasteiger charge is -2.10. The van der Waals surface area contributed by atoms with Gasteiger partial charge in [-0.1, -0.05) is 5.16 Å². The van der Waals surface area contributed by atoms with Crippen molar-refractivity contribution in [2.45, 2.75) is 26.8 Å². The Morgan fingerprint density at radius 1 is 1.40 bits per heavy atom. The summed E-state index contributed by atoms with van der Waals surface area (Å²) in [6.45, 7) is 5.20. The van der Waals surface area contributed by atoms with Crippen LogP contribution in [0.1, 0.15) is 40.7 Å². The van der Waals surface area contributed by atoms with E-state index in [-0.39, 0.29) is 11.1 Å². The number of amides is 1. The lowest BCUT2D eigenvalue weighted by molar-refractivity contribution is 0.0930. The first-order valence-corrected chi connectivity index (χ1v) is 6.18. The number of nitrogens with one attached hydrogen (secondary N) is 1. The molecule has 7 nitrogen and oxygen atoms in total. The second kappa shape index (κ2) is 5.28. The zero-order valence-electron chi connectivity index (χ0n) is 11.8. The van der Waals surface area contributed by atoms with E-state index in [4.69, 9.17) is 4.52 Å². The number of carbonyl (C=O) groups is 1.